The van der Waals surface area contributed by atoms with Gasteiger partial charge in [-0.2, -0.15) is 23.0 Å². The van der Waals surface area contributed by atoms with Crippen LogP contribution in [0.3, 0.4) is 0 Å². The molecule has 3 aromatic rings. The fourth-order valence-electron chi connectivity index (χ4n) is 3.97. The molecule has 4 rings (SSSR count). The summed E-state index contributed by atoms with van der Waals surface area (Å²) in [6.45, 7) is 1.38. The Labute approximate surface area is 207 Å². The van der Waals surface area contributed by atoms with E-state index in [1.54, 1.807) is 0 Å². The first-order chi connectivity index (χ1) is 17.5. The van der Waals surface area contributed by atoms with Crippen molar-refractivity contribution in [2.24, 2.45) is 0 Å². The molecule has 2 heterocycles. The van der Waals surface area contributed by atoms with Crippen molar-refractivity contribution in [1.82, 2.24) is 24.1 Å². The lowest BCUT2D eigenvalue weighted by Crippen LogP contribution is -2.52. The van der Waals surface area contributed by atoms with Crippen molar-refractivity contribution in [3.63, 3.8) is 0 Å². The molecule has 0 radical (unpaired) electrons. The summed E-state index contributed by atoms with van der Waals surface area (Å²) in [5.41, 5.74) is -4.33. The van der Waals surface area contributed by atoms with Crippen LogP contribution in [-0.2, 0) is 17.5 Å². The highest BCUT2D eigenvalue weighted by molar-refractivity contribution is 5.92. The number of aromatic nitrogens is 3. The van der Waals surface area contributed by atoms with Gasteiger partial charge >= 0.3 is 11.9 Å². The number of amides is 2. The van der Waals surface area contributed by atoms with Gasteiger partial charge in [0, 0.05) is 33.1 Å². The molecule has 0 unspecified atom stereocenters. The molecule has 194 valence electrons. The van der Waals surface area contributed by atoms with Crippen molar-refractivity contribution < 1.29 is 27.2 Å². The van der Waals surface area contributed by atoms with Crippen LogP contribution in [0.1, 0.15) is 28.5 Å². The highest BCUT2D eigenvalue weighted by atomic mass is 19.4. The van der Waals surface area contributed by atoms with E-state index in [1.165, 1.54) is 41.0 Å². The minimum Gasteiger partial charge on any atom is -0.339 e. The summed E-state index contributed by atoms with van der Waals surface area (Å²) in [5.74, 6) is -1.90. The number of hydrogen-bond donors (Lipinski definition) is 0. The Bertz CT molecular complexity index is 1470. The average molecular weight is 519 g/mol. The number of benzene rings is 2. The number of nitrogens with zero attached hydrogens (tertiary/aromatic N) is 5. The van der Waals surface area contributed by atoms with Gasteiger partial charge in [-0.05, 0) is 29.8 Å². The van der Waals surface area contributed by atoms with Gasteiger partial charge in [-0.1, -0.05) is 24.3 Å². The van der Waals surface area contributed by atoms with Crippen LogP contribution in [0, 0.1) is 5.82 Å². The third kappa shape index (κ3) is 5.29. The molecular weight excluding hydrogens is 498 g/mol. The Hall–Kier alpha value is -4.29. The van der Waals surface area contributed by atoms with Gasteiger partial charge in [0.2, 0.25) is 11.6 Å². The molecule has 13 heteroatoms. The number of rotatable bonds is 4. The lowest BCUT2D eigenvalue weighted by Gasteiger charge is -2.33. The molecule has 1 fully saturated rings. The van der Waals surface area contributed by atoms with Crippen LogP contribution in [0.5, 0.6) is 0 Å². The summed E-state index contributed by atoms with van der Waals surface area (Å²) in [4.78, 5) is 54.1. The topological polar surface area (TPSA) is 97.5 Å². The van der Waals surface area contributed by atoms with Crippen LogP contribution in [0.25, 0.3) is 5.69 Å². The van der Waals surface area contributed by atoms with Gasteiger partial charge in [-0.25, -0.2) is 9.18 Å². The van der Waals surface area contributed by atoms with E-state index in [4.69, 9.17) is 0 Å². The number of halogens is 4. The van der Waals surface area contributed by atoms with E-state index in [-0.39, 0.29) is 43.3 Å². The predicted molar refractivity (Wildman–Crippen MR) is 123 cm³/mol. The van der Waals surface area contributed by atoms with Gasteiger partial charge in [-0.3, -0.25) is 19.0 Å². The van der Waals surface area contributed by atoms with E-state index in [2.05, 4.69) is 5.10 Å². The number of para-hydroxylation sites is 1. The van der Waals surface area contributed by atoms with Gasteiger partial charge < -0.3 is 9.80 Å². The van der Waals surface area contributed by atoms with Crippen LogP contribution >= 0.6 is 0 Å². The number of hydrogen-bond acceptors (Lipinski definition) is 5. The monoisotopic (exact) mass is 519 g/mol. The summed E-state index contributed by atoms with van der Waals surface area (Å²) >= 11 is 0. The van der Waals surface area contributed by atoms with Gasteiger partial charge in [0.1, 0.15) is 11.5 Å². The van der Waals surface area contributed by atoms with E-state index >= 15 is 0 Å². The fraction of sp³-hybridized carbons (Fsp3) is 0.292. The highest BCUT2D eigenvalue weighted by Gasteiger charge is 2.31. The molecule has 0 atom stereocenters. The van der Waals surface area contributed by atoms with Crippen molar-refractivity contribution in [3.05, 3.63) is 92.0 Å². The molecule has 1 saturated heterocycles. The number of alkyl halides is 3. The summed E-state index contributed by atoms with van der Waals surface area (Å²) in [7, 11) is 0. The maximum absolute atomic E-state index is 14.6. The molecule has 1 aromatic heterocycles. The fourth-order valence-corrected chi connectivity index (χ4v) is 3.97. The number of piperazine rings is 1. The Morgan fingerprint density at radius 1 is 0.946 bits per heavy atom. The maximum atomic E-state index is 14.6. The van der Waals surface area contributed by atoms with Gasteiger partial charge in [0.15, 0.2) is 0 Å². The van der Waals surface area contributed by atoms with E-state index in [0.717, 1.165) is 24.3 Å². The minimum atomic E-state index is -4.66. The van der Waals surface area contributed by atoms with Crippen molar-refractivity contribution in [1.29, 1.82) is 0 Å². The second-order valence-electron chi connectivity index (χ2n) is 8.38. The van der Waals surface area contributed by atoms with Crippen LogP contribution < -0.4 is 11.2 Å². The quantitative estimate of drug-likeness (QED) is 0.491. The minimum absolute atomic E-state index is 0.0335. The van der Waals surface area contributed by atoms with Crippen LogP contribution in [0.4, 0.5) is 17.6 Å². The van der Waals surface area contributed by atoms with Crippen molar-refractivity contribution in [2.75, 3.05) is 26.2 Å². The SMILES string of the molecule is CC(=O)N1CCN(C(=O)c2nn(-c3ccccc3F)c(=O)n(Cc3cccc(C(F)(F)F)c3)c2=O)CC1. The molecule has 9 nitrogen and oxygen atoms in total. The molecule has 0 spiro atoms. The second kappa shape index (κ2) is 9.99. The summed E-state index contributed by atoms with van der Waals surface area (Å²) in [6.07, 6.45) is -4.66. The van der Waals surface area contributed by atoms with Crippen LogP contribution in [-0.4, -0.2) is 62.1 Å². The zero-order chi connectivity index (χ0) is 26.9. The molecular formula is C24H21F4N5O4. The Balaban J connectivity index is 1.82. The van der Waals surface area contributed by atoms with Crippen molar-refractivity contribution in [2.45, 2.75) is 19.6 Å². The second-order valence-corrected chi connectivity index (χ2v) is 8.38. The van der Waals surface area contributed by atoms with E-state index in [0.29, 0.717) is 9.25 Å². The molecule has 1 aliphatic rings. The Kier molecular flexibility index (Phi) is 6.96. The lowest BCUT2D eigenvalue weighted by atomic mass is 10.1. The zero-order valence-corrected chi connectivity index (χ0v) is 19.5. The molecule has 0 saturated carbocycles. The normalized spacial score (nSPS) is 14.1. The first-order valence-electron chi connectivity index (χ1n) is 11.2. The van der Waals surface area contributed by atoms with Crippen LogP contribution in [0.2, 0.25) is 0 Å². The average Bonchev–Trinajstić information content (AvgIpc) is 2.87. The summed E-state index contributed by atoms with van der Waals surface area (Å²) < 4.78 is 55.2. The Morgan fingerprint density at radius 2 is 1.59 bits per heavy atom. The van der Waals surface area contributed by atoms with E-state index < -0.39 is 47.0 Å². The summed E-state index contributed by atoms with van der Waals surface area (Å²) in [6, 6.07) is 9.07. The smallest absolute Gasteiger partial charge is 0.339 e. The highest BCUT2D eigenvalue weighted by Crippen LogP contribution is 2.29. The molecule has 0 aliphatic carbocycles. The van der Waals surface area contributed by atoms with Gasteiger partial charge in [0.25, 0.3) is 11.5 Å². The first kappa shape index (κ1) is 25.8. The predicted octanol–water partition coefficient (Wildman–Crippen LogP) is 1.90. The molecule has 0 N–H and O–H groups in total. The molecule has 37 heavy (non-hydrogen) atoms. The van der Waals surface area contributed by atoms with Crippen LogP contribution in [0.15, 0.2) is 58.1 Å². The Morgan fingerprint density at radius 3 is 2.22 bits per heavy atom. The molecule has 2 aromatic carbocycles. The zero-order valence-electron chi connectivity index (χ0n) is 19.5. The lowest BCUT2D eigenvalue weighted by molar-refractivity contribution is -0.137. The molecule has 0 bridgehead atoms. The first-order valence-corrected chi connectivity index (χ1v) is 11.2. The van der Waals surface area contributed by atoms with Crippen molar-refractivity contribution in [3.8, 4) is 5.69 Å². The third-order valence-electron chi connectivity index (χ3n) is 5.95. The standard InChI is InChI=1S/C24H21F4N5O4/c1-15(34)30-9-11-31(12-10-30)21(35)20-22(36)32(14-16-5-4-6-17(13-16)24(26,27)28)23(37)33(29-20)19-8-3-2-7-18(19)25/h2-8,13H,9-12,14H2,1H3. The summed E-state index contributed by atoms with van der Waals surface area (Å²) in [5, 5.41) is 3.87. The third-order valence-corrected chi connectivity index (χ3v) is 5.95. The molecule has 2 amide bonds. The number of carbonyl (C=O) groups excluding carboxylic acids is 2. The van der Waals surface area contributed by atoms with E-state index in [9.17, 15) is 36.7 Å². The van der Waals surface area contributed by atoms with Gasteiger partial charge in [-0.15, -0.1) is 0 Å². The van der Waals surface area contributed by atoms with E-state index in [1.807, 2.05) is 0 Å². The largest absolute Gasteiger partial charge is 0.416 e. The maximum Gasteiger partial charge on any atom is 0.416 e. The molecule has 1 aliphatic heterocycles. The van der Waals surface area contributed by atoms with Crippen molar-refractivity contribution >= 4 is 11.8 Å². The van der Waals surface area contributed by atoms with Gasteiger partial charge in [0.05, 0.1) is 12.1 Å². The number of carbonyl (C=O) groups is 2.